The van der Waals surface area contributed by atoms with Crippen LogP contribution < -0.4 is 0 Å². The van der Waals surface area contributed by atoms with Gasteiger partial charge < -0.3 is 0 Å². The SMILES string of the molecule is ClCC1CCCN1CCCc1ccccc1. The molecular weight excluding hydrogens is 218 g/mol. The van der Waals surface area contributed by atoms with E-state index >= 15 is 0 Å². The molecule has 1 nitrogen and oxygen atoms in total. The molecule has 16 heavy (non-hydrogen) atoms. The van der Waals surface area contributed by atoms with Crippen LogP contribution in [-0.4, -0.2) is 29.9 Å². The fourth-order valence-corrected chi connectivity index (χ4v) is 2.84. The summed E-state index contributed by atoms with van der Waals surface area (Å²) in [4.78, 5) is 2.55. The zero-order valence-electron chi connectivity index (χ0n) is 9.74. The molecule has 1 heterocycles. The largest absolute Gasteiger partial charge is 0.299 e. The Balaban J connectivity index is 1.72. The monoisotopic (exact) mass is 237 g/mol. The summed E-state index contributed by atoms with van der Waals surface area (Å²) < 4.78 is 0. The minimum Gasteiger partial charge on any atom is -0.299 e. The van der Waals surface area contributed by atoms with Crippen molar-refractivity contribution in [1.29, 1.82) is 0 Å². The Kier molecular flexibility index (Phi) is 4.68. The normalized spacial score (nSPS) is 21.4. The number of benzene rings is 1. The molecule has 0 amide bonds. The second-order valence-corrected chi connectivity index (χ2v) is 4.88. The number of hydrogen-bond acceptors (Lipinski definition) is 1. The molecule has 0 radical (unpaired) electrons. The standard InChI is InChI=1S/C14H20ClN/c15-12-14-9-5-11-16(14)10-4-8-13-6-2-1-3-7-13/h1-3,6-7,14H,4-5,8-12H2. The zero-order valence-corrected chi connectivity index (χ0v) is 10.5. The van der Waals surface area contributed by atoms with Crippen molar-refractivity contribution < 1.29 is 0 Å². The van der Waals surface area contributed by atoms with Crippen molar-refractivity contribution in [3.63, 3.8) is 0 Å². The Hall–Kier alpha value is -0.530. The van der Waals surface area contributed by atoms with E-state index in [9.17, 15) is 0 Å². The van der Waals surface area contributed by atoms with Gasteiger partial charge in [-0.15, -0.1) is 11.6 Å². The third-order valence-corrected chi connectivity index (χ3v) is 3.79. The lowest BCUT2D eigenvalue weighted by Crippen LogP contribution is -2.31. The second kappa shape index (κ2) is 6.27. The van der Waals surface area contributed by atoms with Gasteiger partial charge in [-0.1, -0.05) is 30.3 Å². The summed E-state index contributed by atoms with van der Waals surface area (Å²) >= 11 is 5.96. The Labute approximate surface area is 103 Å². The molecule has 0 aliphatic carbocycles. The highest BCUT2D eigenvalue weighted by atomic mass is 35.5. The summed E-state index contributed by atoms with van der Waals surface area (Å²) in [6.07, 6.45) is 5.04. The lowest BCUT2D eigenvalue weighted by atomic mass is 10.1. The minimum atomic E-state index is 0.637. The van der Waals surface area contributed by atoms with E-state index in [0.29, 0.717) is 6.04 Å². The van der Waals surface area contributed by atoms with Gasteiger partial charge in [0.05, 0.1) is 0 Å². The molecule has 88 valence electrons. The summed E-state index contributed by atoms with van der Waals surface area (Å²) in [5.74, 6) is 0.797. The maximum atomic E-state index is 5.96. The first-order valence-corrected chi connectivity index (χ1v) is 6.77. The number of rotatable bonds is 5. The van der Waals surface area contributed by atoms with E-state index in [1.165, 1.54) is 44.3 Å². The van der Waals surface area contributed by atoms with E-state index in [1.807, 2.05) is 0 Å². The molecule has 0 aromatic heterocycles. The third-order valence-electron chi connectivity index (χ3n) is 3.43. The van der Waals surface area contributed by atoms with Gasteiger partial charge >= 0.3 is 0 Å². The number of hydrogen-bond donors (Lipinski definition) is 0. The molecule has 1 saturated heterocycles. The maximum Gasteiger partial charge on any atom is 0.0379 e. The van der Waals surface area contributed by atoms with Crippen molar-refractivity contribution in [3.8, 4) is 0 Å². The Bertz CT molecular complexity index is 299. The molecule has 1 aliphatic heterocycles. The summed E-state index contributed by atoms with van der Waals surface area (Å²) in [5, 5.41) is 0. The summed E-state index contributed by atoms with van der Waals surface area (Å²) in [7, 11) is 0. The van der Waals surface area contributed by atoms with E-state index in [2.05, 4.69) is 35.2 Å². The molecular formula is C14H20ClN. The van der Waals surface area contributed by atoms with Crippen molar-refractivity contribution in [2.24, 2.45) is 0 Å². The average molecular weight is 238 g/mol. The molecule has 2 heteroatoms. The lowest BCUT2D eigenvalue weighted by Gasteiger charge is -2.22. The van der Waals surface area contributed by atoms with E-state index in [-0.39, 0.29) is 0 Å². The van der Waals surface area contributed by atoms with E-state index in [1.54, 1.807) is 0 Å². The van der Waals surface area contributed by atoms with Crippen LogP contribution in [0.1, 0.15) is 24.8 Å². The molecule has 0 N–H and O–H groups in total. The smallest absolute Gasteiger partial charge is 0.0379 e. The highest BCUT2D eigenvalue weighted by molar-refractivity contribution is 6.18. The maximum absolute atomic E-state index is 5.96. The first-order chi connectivity index (χ1) is 7.90. The highest BCUT2D eigenvalue weighted by Crippen LogP contribution is 2.18. The molecule has 2 rings (SSSR count). The van der Waals surface area contributed by atoms with E-state index in [4.69, 9.17) is 11.6 Å². The summed E-state index contributed by atoms with van der Waals surface area (Å²) in [6, 6.07) is 11.4. The predicted molar refractivity (Wildman–Crippen MR) is 70.1 cm³/mol. The van der Waals surface area contributed by atoms with E-state index in [0.717, 1.165) is 5.88 Å². The van der Waals surface area contributed by atoms with Crippen molar-refractivity contribution in [2.45, 2.75) is 31.7 Å². The molecule has 0 spiro atoms. The Morgan fingerprint density at radius 2 is 2.06 bits per heavy atom. The van der Waals surface area contributed by atoms with Gasteiger partial charge in [-0.25, -0.2) is 0 Å². The van der Waals surface area contributed by atoms with Crippen LogP contribution in [0, 0.1) is 0 Å². The van der Waals surface area contributed by atoms with Gasteiger partial charge in [0, 0.05) is 11.9 Å². The highest BCUT2D eigenvalue weighted by Gasteiger charge is 2.22. The minimum absolute atomic E-state index is 0.637. The first kappa shape index (κ1) is 11.9. The van der Waals surface area contributed by atoms with Crippen molar-refractivity contribution in [1.82, 2.24) is 4.90 Å². The third kappa shape index (κ3) is 3.23. The van der Waals surface area contributed by atoms with Crippen LogP contribution in [0.15, 0.2) is 30.3 Å². The number of aryl methyl sites for hydroxylation is 1. The summed E-state index contributed by atoms with van der Waals surface area (Å²) in [5.41, 5.74) is 1.45. The van der Waals surface area contributed by atoms with Gasteiger partial charge in [-0.3, -0.25) is 4.90 Å². The Morgan fingerprint density at radius 3 is 2.81 bits per heavy atom. The number of alkyl halides is 1. The molecule has 1 atom stereocenters. The molecule has 0 saturated carbocycles. The lowest BCUT2D eigenvalue weighted by molar-refractivity contribution is 0.268. The van der Waals surface area contributed by atoms with Gasteiger partial charge in [0.15, 0.2) is 0 Å². The summed E-state index contributed by atoms with van der Waals surface area (Å²) in [6.45, 7) is 2.44. The van der Waals surface area contributed by atoms with Crippen LogP contribution in [0.2, 0.25) is 0 Å². The molecule has 0 bridgehead atoms. The van der Waals surface area contributed by atoms with Crippen LogP contribution in [0.25, 0.3) is 0 Å². The van der Waals surface area contributed by atoms with Gasteiger partial charge in [0.1, 0.15) is 0 Å². The fraction of sp³-hybridized carbons (Fsp3) is 0.571. The Morgan fingerprint density at radius 1 is 1.25 bits per heavy atom. The van der Waals surface area contributed by atoms with Gasteiger partial charge in [-0.05, 0) is 44.3 Å². The second-order valence-electron chi connectivity index (χ2n) is 4.58. The van der Waals surface area contributed by atoms with Crippen molar-refractivity contribution in [2.75, 3.05) is 19.0 Å². The number of likely N-dealkylation sites (tertiary alicyclic amines) is 1. The van der Waals surface area contributed by atoms with Crippen LogP contribution in [0.5, 0.6) is 0 Å². The topological polar surface area (TPSA) is 3.24 Å². The van der Waals surface area contributed by atoms with Crippen molar-refractivity contribution in [3.05, 3.63) is 35.9 Å². The van der Waals surface area contributed by atoms with Gasteiger partial charge in [0.2, 0.25) is 0 Å². The first-order valence-electron chi connectivity index (χ1n) is 6.24. The van der Waals surface area contributed by atoms with Crippen LogP contribution in [-0.2, 0) is 6.42 Å². The van der Waals surface area contributed by atoms with Gasteiger partial charge in [0.25, 0.3) is 0 Å². The average Bonchev–Trinajstić information content (AvgIpc) is 2.78. The van der Waals surface area contributed by atoms with Crippen molar-refractivity contribution >= 4 is 11.6 Å². The van der Waals surface area contributed by atoms with E-state index < -0.39 is 0 Å². The predicted octanol–water partition coefficient (Wildman–Crippen LogP) is 3.32. The number of nitrogens with zero attached hydrogens (tertiary/aromatic N) is 1. The van der Waals surface area contributed by atoms with Crippen LogP contribution in [0.3, 0.4) is 0 Å². The molecule has 1 aromatic rings. The van der Waals surface area contributed by atoms with Crippen LogP contribution in [0.4, 0.5) is 0 Å². The molecule has 1 aliphatic rings. The molecule has 1 unspecified atom stereocenters. The zero-order chi connectivity index (χ0) is 11.2. The number of halogens is 1. The quantitative estimate of drug-likeness (QED) is 0.711. The fourth-order valence-electron chi connectivity index (χ4n) is 2.50. The molecule has 1 fully saturated rings. The van der Waals surface area contributed by atoms with Crippen LogP contribution >= 0.6 is 11.6 Å². The molecule has 1 aromatic carbocycles. The van der Waals surface area contributed by atoms with Gasteiger partial charge in [-0.2, -0.15) is 0 Å².